The second-order valence-electron chi connectivity index (χ2n) is 6.18. The summed E-state index contributed by atoms with van der Waals surface area (Å²) in [6.45, 7) is 2.24. The Morgan fingerprint density at radius 1 is 0.833 bits per heavy atom. The summed E-state index contributed by atoms with van der Waals surface area (Å²) in [6, 6.07) is 13.8. The molecular weight excluding hydrogens is 298 g/mol. The zero-order valence-corrected chi connectivity index (χ0v) is 14.9. The van der Waals surface area contributed by atoms with Gasteiger partial charge in [-0.1, -0.05) is 88.3 Å². The highest BCUT2D eigenvalue weighted by molar-refractivity contribution is 5.90. The number of fused-ring (bicyclic) bond motifs is 1. The fraction of sp³-hybridized carbons (Fsp3) is 0.476. The fourth-order valence-corrected chi connectivity index (χ4v) is 2.86. The third-order valence-electron chi connectivity index (χ3n) is 4.21. The fourth-order valence-electron chi connectivity index (χ4n) is 2.86. The van der Waals surface area contributed by atoms with E-state index in [-0.39, 0.29) is 12.1 Å². The first kappa shape index (κ1) is 20.2. The SMILES string of the molecule is CCCCCCCCCCC(=O)Oc1cccc2ccccc12.N. The lowest BCUT2D eigenvalue weighted by molar-refractivity contribution is -0.134. The number of carbonyl (C=O) groups excluding carboxylic acids is 1. The Bertz CT molecular complexity index is 604. The Hall–Kier alpha value is -1.87. The molecule has 0 saturated heterocycles. The highest BCUT2D eigenvalue weighted by Crippen LogP contribution is 2.25. The lowest BCUT2D eigenvalue weighted by atomic mass is 10.1. The molecule has 3 nitrogen and oxygen atoms in total. The lowest BCUT2D eigenvalue weighted by Gasteiger charge is -2.07. The molecule has 0 unspecified atom stereocenters. The number of benzene rings is 2. The summed E-state index contributed by atoms with van der Waals surface area (Å²) >= 11 is 0. The van der Waals surface area contributed by atoms with Crippen LogP contribution in [0, 0.1) is 0 Å². The Morgan fingerprint density at radius 2 is 1.46 bits per heavy atom. The maximum Gasteiger partial charge on any atom is 0.311 e. The second kappa shape index (κ2) is 11.6. The topological polar surface area (TPSA) is 61.3 Å². The van der Waals surface area contributed by atoms with Crippen molar-refractivity contribution in [2.75, 3.05) is 0 Å². The van der Waals surface area contributed by atoms with E-state index in [4.69, 9.17) is 4.74 Å². The maximum atomic E-state index is 12.0. The molecular formula is C21H31NO2. The highest BCUT2D eigenvalue weighted by Gasteiger charge is 2.07. The van der Waals surface area contributed by atoms with Gasteiger partial charge in [0.2, 0.25) is 0 Å². The van der Waals surface area contributed by atoms with Crippen LogP contribution in [0.5, 0.6) is 5.75 Å². The van der Waals surface area contributed by atoms with Crippen LogP contribution in [-0.2, 0) is 4.79 Å². The first-order valence-corrected chi connectivity index (χ1v) is 8.99. The molecule has 0 bridgehead atoms. The summed E-state index contributed by atoms with van der Waals surface area (Å²) in [5, 5.41) is 2.10. The van der Waals surface area contributed by atoms with Crippen molar-refractivity contribution in [3.05, 3.63) is 42.5 Å². The lowest BCUT2D eigenvalue weighted by Crippen LogP contribution is -2.07. The third kappa shape index (κ3) is 6.71. The van der Waals surface area contributed by atoms with Crippen LogP contribution in [0.15, 0.2) is 42.5 Å². The van der Waals surface area contributed by atoms with Gasteiger partial charge in [0, 0.05) is 11.8 Å². The van der Waals surface area contributed by atoms with E-state index in [1.165, 1.54) is 38.5 Å². The molecule has 2 rings (SSSR count). The van der Waals surface area contributed by atoms with Gasteiger partial charge in [0.25, 0.3) is 0 Å². The first-order valence-electron chi connectivity index (χ1n) is 8.99. The van der Waals surface area contributed by atoms with E-state index in [1.54, 1.807) is 0 Å². The molecule has 3 N–H and O–H groups in total. The third-order valence-corrected chi connectivity index (χ3v) is 4.21. The van der Waals surface area contributed by atoms with Crippen molar-refractivity contribution in [2.45, 2.75) is 64.7 Å². The molecule has 2 aromatic carbocycles. The van der Waals surface area contributed by atoms with Crippen LogP contribution in [0.4, 0.5) is 0 Å². The zero-order chi connectivity index (χ0) is 16.3. The molecule has 0 saturated carbocycles. The van der Waals surface area contributed by atoms with Gasteiger partial charge in [0.1, 0.15) is 5.75 Å². The minimum atomic E-state index is -0.118. The van der Waals surface area contributed by atoms with Gasteiger partial charge in [-0.25, -0.2) is 0 Å². The molecule has 0 fully saturated rings. The first-order chi connectivity index (χ1) is 11.3. The smallest absolute Gasteiger partial charge is 0.311 e. The predicted octanol–water partition coefficient (Wildman–Crippen LogP) is 6.44. The normalized spacial score (nSPS) is 10.4. The van der Waals surface area contributed by atoms with Crippen molar-refractivity contribution >= 4 is 16.7 Å². The van der Waals surface area contributed by atoms with Crippen LogP contribution in [0.25, 0.3) is 10.8 Å². The number of hydrogen-bond donors (Lipinski definition) is 1. The molecule has 0 radical (unpaired) electrons. The summed E-state index contributed by atoms with van der Waals surface area (Å²) in [4.78, 5) is 12.0. The number of rotatable bonds is 10. The van der Waals surface area contributed by atoms with Crippen molar-refractivity contribution < 1.29 is 9.53 Å². The van der Waals surface area contributed by atoms with Gasteiger partial charge < -0.3 is 10.9 Å². The van der Waals surface area contributed by atoms with Crippen molar-refractivity contribution in [2.24, 2.45) is 0 Å². The van der Waals surface area contributed by atoms with Crippen LogP contribution < -0.4 is 10.9 Å². The molecule has 24 heavy (non-hydrogen) atoms. The van der Waals surface area contributed by atoms with Gasteiger partial charge in [-0.15, -0.1) is 0 Å². The number of carbonyl (C=O) groups is 1. The monoisotopic (exact) mass is 329 g/mol. The molecule has 0 atom stereocenters. The molecule has 0 aromatic heterocycles. The number of unbranched alkanes of at least 4 members (excludes halogenated alkanes) is 7. The molecule has 0 amide bonds. The number of ether oxygens (including phenoxy) is 1. The van der Waals surface area contributed by atoms with Crippen LogP contribution in [0.2, 0.25) is 0 Å². The highest BCUT2D eigenvalue weighted by atomic mass is 16.5. The Balaban J connectivity index is 0.00000288. The van der Waals surface area contributed by atoms with Crippen LogP contribution in [0.1, 0.15) is 64.7 Å². The van der Waals surface area contributed by atoms with Gasteiger partial charge in [0.05, 0.1) is 0 Å². The van der Waals surface area contributed by atoms with E-state index in [0.717, 1.165) is 23.6 Å². The molecule has 0 aliphatic carbocycles. The summed E-state index contributed by atoms with van der Waals surface area (Å²) in [6.07, 6.45) is 10.4. The molecule has 2 aromatic rings. The summed E-state index contributed by atoms with van der Waals surface area (Å²) in [5.41, 5.74) is 0. The van der Waals surface area contributed by atoms with Crippen molar-refractivity contribution in [1.29, 1.82) is 0 Å². The molecule has 0 heterocycles. The van der Waals surface area contributed by atoms with E-state index < -0.39 is 0 Å². The molecule has 3 heteroatoms. The van der Waals surface area contributed by atoms with Gasteiger partial charge >= 0.3 is 5.97 Å². The Morgan fingerprint density at radius 3 is 2.21 bits per heavy atom. The minimum absolute atomic E-state index is 0. The van der Waals surface area contributed by atoms with Gasteiger partial charge in [0.15, 0.2) is 0 Å². The van der Waals surface area contributed by atoms with Gasteiger partial charge in [-0.2, -0.15) is 0 Å². The Labute approximate surface area is 146 Å². The van der Waals surface area contributed by atoms with Gasteiger partial charge in [-0.05, 0) is 17.9 Å². The van der Waals surface area contributed by atoms with E-state index in [9.17, 15) is 4.79 Å². The molecule has 0 spiro atoms. The molecule has 0 aliphatic rings. The van der Waals surface area contributed by atoms with Crippen molar-refractivity contribution in [3.63, 3.8) is 0 Å². The average Bonchev–Trinajstić information content (AvgIpc) is 2.57. The zero-order valence-electron chi connectivity index (χ0n) is 14.9. The van der Waals surface area contributed by atoms with E-state index in [0.29, 0.717) is 12.2 Å². The van der Waals surface area contributed by atoms with E-state index in [2.05, 4.69) is 6.92 Å². The average molecular weight is 329 g/mol. The maximum absolute atomic E-state index is 12.0. The second-order valence-corrected chi connectivity index (χ2v) is 6.18. The van der Waals surface area contributed by atoms with Crippen LogP contribution in [-0.4, -0.2) is 5.97 Å². The van der Waals surface area contributed by atoms with Crippen molar-refractivity contribution in [1.82, 2.24) is 6.15 Å². The Kier molecular flexibility index (Phi) is 9.78. The van der Waals surface area contributed by atoms with Crippen molar-refractivity contribution in [3.8, 4) is 5.75 Å². The summed E-state index contributed by atoms with van der Waals surface area (Å²) in [5.74, 6) is 0.556. The van der Waals surface area contributed by atoms with E-state index in [1.807, 2.05) is 42.5 Å². The number of hydrogen-bond acceptors (Lipinski definition) is 3. The number of esters is 1. The molecule has 132 valence electrons. The quantitative estimate of drug-likeness (QED) is 0.310. The van der Waals surface area contributed by atoms with E-state index >= 15 is 0 Å². The van der Waals surface area contributed by atoms with Crippen LogP contribution in [0.3, 0.4) is 0 Å². The van der Waals surface area contributed by atoms with Crippen LogP contribution >= 0.6 is 0 Å². The molecule has 0 aliphatic heterocycles. The minimum Gasteiger partial charge on any atom is -0.426 e. The summed E-state index contributed by atoms with van der Waals surface area (Å²) < 4.78 is 5.55. The largest absolute Gasteiger partial charge is 0.426 e. The predicted molar refractivity (Wildman–Crippen MR) is 102 cm³/mol. The standard InChI is InChI=1S/C21H28O2.H3N/c1-2-3-4-5-6-7-8-9-17-21(22)23-20-16-12-14-18-13-10-11-15-19(18)20;/h10-16H,2-9,17H2,1H3;1H3. The van der Waals surface area contributed by atoms with Gasteiger partial charge in [-0.3, -0.25) is 4.79 Å². The summed E-state index contributed by atoms with van der Waals surface area (Å²) in [7, 11) is 0.